The first-order chi connectivity index (χ1) is 30.5. The minimum absolute atomic E-state index is 0.0154. The van der Waals surface area contributed by atoms with E-state index in [-0.39, 0.29) is 18.5 Å². The number of carbonyl (C=O) groups excluding carboxylic acids is 2. The van der Waals surface area contributed by atoms with Crippen LogP contribution < -0.4 is 5.32 Å². The van der Waals surface area contributed by atoms with Gasteiger partial charge >= 0.3 is 5.97 Å². The number of esters is 1. The third-order valence-electron chi connectivity index (χ3n) is 13.4. The number of unbranched alkanes of at least 4 members (excludes halogenated alkanes) is 42. The van der Waals surface area contributed by atoms with Gasteiger partial charge in [-0.2, -0.15) is 0 Å². The van der Waals surface area contributed by atoms with E-state index in [0.29, 0.717) is 25.9 Å². The lowest BCUT2D eigenvalue weighted by Crippen LogP contribution is -2.45. The molecule has 0 aromatic carbocycles. The Bertz CT molecular complexity index is 882. The Morgan fingerprint density at radius 1 is 0.387 bits per heavy atom. The van der Waals surface area contributed by atoms with E-state index in [1.165, 1.54) is 250 Å². The molecule has 0 aliphatic rings. The number of aliphatic hydroxyl groups is 2. The number of hydrogen-bond acceptors (Lipinski definition) is 5. The van der Waals surface area contributed by atoms with E-state index in [1.54, 1.807) is 0 Å². The molecule has 0 aliphatic carbocycles. The summed E-state index contributed by atoms with van der Waals surface area (Å²) in [6, 6.07) is -0.538. The summed E-state index contributed by atoms with van der Waals surface area (Å²) < 4.78 is 5.48. The van der Waals surface area contributed by atoms with E-state index >= 15 is 0 Å². The van der Waals surface area contributed by atoms with Crippen molar-refractivity contribution in [1.82, 2.24) is 5.32 Å². The number of rotatable bonds is 53. The van der Waals surface area contributed by atoms with Gasteiger partial charge in [-0.1, -0.05) is 284 Å². The van der Waals surface area contributed by atoms with Gasteiger partial charge in [0, 0.05) is 12.8 Å². The molecule has 6 nitrogen and oxygen atoms in total. The molecule has 0 aromatic rings. The number of aliphatic hydroxyl groups excluding tert-OH is 2. The van der Waals surface area contributed by atoms with Gasteiger partial charge in [-0.15, -0.1) is 0 Å². The molecule has 0 radical (unpaired) electrons. The Morgan fingerprint density at radius 3 is 0.984 bits per heavy atom. The van der Waals surface area contributed by atoms with Crippen LogP contribution >= 0.6 is 0 Å². The first-order valence-corrected chi connectivity index (χ1v) is 28.3. The first-order valence-electron chi connectivity index (χ1n) is 28.3. The van der Waals surface area contributed by atoms with Crippen LogP contribution in [-0.2, 0) is 14.3 Å². The van der Waals surface area contributed by atoms with Gasteiger partial charge in [0.2, 0.25) is 5.91 Å². The van der Waals surface area contributed by atoms with E-state index < -0.39 is 12.1 Å². The zero-order chi connectivity index (χ0) is 45.1. The minimum atomic E-state index is -0.661. The molecule has 0 fully saturated rings. The maximum atomic E-state index is 12.4. The molecule has 1 amide bonds. The van der Waals surface area contributed by atoms with Crippen LogP contribution in [0.25, 0.3) is 0 Å². The predicted molar refractivity (Wildman–Crippen MR) is 269 cm³/mol. The van der Waals surface area contributed by atoms with Crippen LogP contribution in [-0.4, -0.2) is 47.4 Å². The Balaban J connectivity index is 3.33. The average molecular weight is 879 g/mol. The van der Waals surface area contributed by atoms with Gasteiger partial charge in [0.15, 0.2) is 0 Å². The van der Waals surface area contributed by atoms with Crippen LogP contribution in [0.5, 0.6) is 0 Å². The van der Waals surface area contributed by atoms with Crippen LogP contribution in [0.1, 0.15) is 322 Å². The molecule has 0 saturated heterocycles. The summed E-state index contributed by atoms with van der Waals surface area (Å²) >= 11 is 0. The summed E-state index contributed by atoms with van der Waals surface area (Å²) in [6.45, 7) is 4.95. The molecule has 0 bridgehead atoms. The predicted octanol–water partition coefficient (Wildman–Crippen LogP) is 17.1. The van der Waals surface area contributed by atoms with Crippen LogP contribution in [0.2, 0.25) is 0 Å². The Labute approximate surface area is 387 Å². The van der Waals surface area contributed by atoms with Crippen LogP contribution in [0.15, 0.2) is 0 Å². The zero-order valence-electron chi connectivity index (χ0n) is 42.1. The molecule has 0 spiro atoms. The van der Waals surface area contributed by atoms with Gasteiger partial charge in [-0.3, -0.25) is 9.59 Å². The first kappa shape index (κ1) is 60.9. The van der Waals surface area contributed by atoms with E-state index in [2.05, 4.69) is 19.2 Å². The fraction of sp³-hybridized carbons (Fsp3) is 0.964. The second-order valence-electron chi connectivity index (χ2n) is 19.6. The van der Waals surface area contributed by atoms with E-state index in [0.717, 1.165) is 38.5 Å². The third-order valence-corrected chi connectivity index (χ3v) is 13.4. The molecular weight excluding hydrogens is 767 g/mol. The highest BCUT2D eigenvalue weighted by atomic mass is 16.5. The molecule has 0 saturated carbocycles. The quantitative estimate of drug-likeness (QED) is 0.0418. The maximum Gasteiger partial charge on any atom is 0.305 e. The van der Waals surface area contributed by atoms with Crippen molar-refractivity contribution in [3.05, 3.63) is 0 Å². The van der Waals surface area contributed by atoms with Gasteiger partial charge in [0.1, 0.15) is 0 Å². The lowest BCUT2D eigenvalue weighted by atomic mass is 10.0. The monoisotopic (exact) mass is 878 g/mol. The third kappa shape index (κ3) is 48.3. The molecule has 370 valence electrons. The summed E-state index contributed by atoms with van der Waals surface area (Å²) in [5.41, 5.74) is 0. The molecular formula is C56H111NO5. The summed E-state index contributed by atoms with van der Waals surface area (Å²) in [4.78, 5) is 24.4. The van der Waals surface area contributed by atoms with Gasteiger partial charge in [-0.05, 0) is 25.7 Å². The molecule has 62 heavy (non-hydrogen) atoms. The fourth-order valence-corrected chi connectivity index (χ4v) is 9.05. The number of hydrogen-bond donors (Lipinski definition) is 3. The Kier molecular flexibility index (Phi) is 51.5. The highest BCUT2D eigenvalue weighted by molar-refractivity contribution is 5.76. The summed E-state index contributed by atoms with van der Waals surface area (Å²) in [5, 5.41) is 23.1. The second kappa shape index (κ2) is 52.5. The normalized spacial score (nSPS) is 12.5. The summed E-state index contributed by atoms with van der Waals surface area (Å²) in [6.07, 6.45) is 59.6. The van der Waals surface area contributed by atoms with Gasteiger partial charge in [0.25, 0.3) is 0 Å². The highest BCUT2D eigenvalue weighted by Crippen LogP contribution is 2.18. The standard InChI is InChI=1S/C56H111NO5/c1-3-5-7-9-11-13-14-15-23-27-30-34-38-42-46-50-56(61)62-51-47-43-39-35-31-28-25-22-20-18-16-17-19-21-24-26-29-33-37-41-45-49-55(60)57-53(52-58)54(59)48-44-40-36-32-12-10-8-6-4-2/h53-54,58-59H,3-52H2,1-2H3,(H,57,60). The summed E-state index contributed by atoms with van der Waals surface area (Å²) in [7, 11) is 0. The van der Waals surface area contributed by atoms with Crippen LogP contribution in [0.4, 0.5) is 0 Å². The van der Waals surface area contributed by atoms with Crippen molar-refractivity contribution in [2.45, 2.75) is 334 Å². The molecule has 0 heterocycles. The molecule has 3 N–H and O–H groups in total. The van der Waals surface area contributed by atoms with Crippen molar-refractivity contribution in [3.63, 3.8) is 0 Å². The average Bonchev–Trinajstić information content (AvgIpc) is 3.27. The van der Waals surface area contributed by atoms with Crippen LogP contribution in [0.3, 0.4) is 0 Å². The van der Waals surface area contributed by atoms with Crippen molar-refractivity contribution in [2.75, 3.05) is 13.2 Å². The van der Waals surface area contributed by atoms with E-state index in [1.807, 2.05) is 0 Å². The molecule has 2 atom stereocenters. The number of ether oxygens (including phenoxy) is 1. The molecule has 0 aliphatic heterocycles. The maximum absolute atomic E-state index is 12.4. The van der Waals surface area contributed by atoms with Gasteiger partial charge < -0.3 is 20.3 Å². The van der Waals surface area contributed by atoms with Crippen molar-refractivity contribution in [1.29, 1.82) is 0 Å². The molecule has 0 aromatic heterocycles. The Morgan fingerprint density at radius 2 is 0.661 bits per heavy atom. The summed E-state index contributed by atoms with van der Waals surface area (Å²) in [5.74, 6) is -0.0215. The van der Waals surface area contributed by atoms with Crippen LogP contribution in [0, 0.1) is 0 Å². The van der Waals surface area contributed by atoms with Crippen molar-refractivity contribution < 1.29 is 24.5 Å². The van der Waals surface area contributed by atoms with Gasteiger partial charge in [0.05, 0.1) is 25.4 Å². The Hall–Kier alpha value is -1.14. The van der Waals surface area contributed by atoms with Crippen molar-refractivity contribution in [2.24, 2.45) is 0 Å². The van der Waals surface area contributed by atoms with Gasteiger partial charge in [-0.25, -0.2) is 0 Å². The lowest BCUT2D eigenvalue weighted by molar-refractivity contribution is -0.143. The molecule has 2 unspecified atom stereocenters. The van der Waals surface area contributed by atoms with Crippen molar-refractivity contribution >= 4 is 11.9 Å². The molecule has 6 heteroatoms. The highest BCUT2D eigenvalue weighted by Gasteiger charge is 2.20. The van der Waals surface area contributed by atoms with Crippen molar-refractivity contribution in [3.8, 4) is 0 Å². The zero-order valence-corrected chi connectivity index (χ0v) is 42.1. The van der Waals surface area contributed by atoms with E-state index in [9.17, 15) is 19.8 Å². The largest absolute Gasteiger partial charge is 0.466 e. The second-order valence-corrected chi connectivity index (χ2v) is 19.6. The SMILES string of the molecule is CCCCCCCCCCCCCCCCCC(=O)OCCCCCCCCCCCCCCCCCCCCCCCC(=O)NC(CO)C(O)CCCCCCCCCCC. The number of nitrogens with one attached hydrogen (secondary N) is 1. The fourth-order valence-electron chi connectivity index (χ4n) is 9.05. The van der Waals surface area contributed by atoms with E-state index in [4.69, 9.17) is 4.74 Å². The minimum Gasteiger partial charge on any atom is -0.466 e. The topological polar surface area (TPSA) is 95.9 Å². The molecule has 0 rings (SSSR count). The lowest BCUT2D eigenvalue weighted by Gasteiger charge is -2.22. The number of amides is 1. The smallest absolute Gasteiger partial charge is 0.305 e. The number of carbonyl (C=O) groups is 2.